The second-order valence-corrected chi connectivity index (χ2v) is 4.79. The van der Waals surface area contributed by atoms with Gasteiger partial charge in [0.15, 0.2) is 0 Å². The van der Waals surface area contributed by atoms with Crippen LogP contribution in [-0.4, -0.2) is 29.4 Å². The van der Waals surface area contributed by atoms with Crippen LogP contribution in [0.25, 0.3) is 0 Å². The van der Waals surface area contributed by atoms with Gasteiger partial charge in [0, 0.05) is 24.8 Å². The fourth-order valence-corrected chi connectivity index (χ4v) is 1.85. The van der Waals surface area contributed by atoms with Gasteiger partial charge in [-0.2, -0.15) is 0 Å². The number of aromatic nitrogens is 1. The van der Waals surface area contributed by atoms with Gasteiger partial charge in [-0.1, -0.05) is 25.4 Å². The van der Waals surface area contributed by atoms with E-state index in [4.69, 9.17) is 11.6 Å². The van der Waals surface area contributed by atoms with Crippen molar-refractivity contribution < 1.29 is 4.79 Å². The van der Waals surface area contributed by atoms with Crippen molar-refractivity contribution >= 4 is 17.5 Å². The van der Waals surface area contributed by atoms with Crippen LogP contribution >= 0.6 is 11.6 Å². The fourth-order valence-electron chi connectivity index (χ4n) is 1.60. The Labute approximate surface area is 101 Å². The molecule has 88 valence electrons. The number of carbonyl (C=O) groups is 1. The number of carbonyl (C=O) groups excluding carboxylic acids is 1. The Hall–Kier alpha value is -1.09. The summed E-state index contributed by atoms with van der Waals surface area (Å²) in [6.07, 6.45) is 0. The van der Waals surface area contributed by atoms with Gasteiger partial charge in [0.2, 0.25) is 0 Å². The highest BCUT2D eigenvalue weighted by Gasteiger charge is 2.13. The summed E-state index contributed by atoms with van der Waals surface area (Å²) >= 11 is 5.82. The number of hydrogen-bond donors (Lipinski definition) is 0. The summed E-state index contributed by atoms with van der Waals surface area (Å²) in [5, 5.41) is 0.362. The molecule has 0 bridgehead atoms. The molecule has 1 heterocycles. The predicted octanol–water partition coefficient (Wildman–Crippen LogP) is 2.77. The van der Waals surface area contributed by atoms with E-state index in [1.807, 2.05) is 6.92 Å². The molecule has 4 heteroatoms. The number of rotatable bonds is 3. The van der Waals surface area contributed by atoms with Gasteiger partial charge < -0.3 is 4.90 Å². The van der Waals surface area contributed by atoms with E-state index in [2.05, 4.69) is 18.8 Å². The SMILES string of the molecule is Cc1cc(C(=O)N(C)CC(C)C)cc(Cl)n1. The molecule has 0 atom stereocenters. The molecule has 1 aromatic rings. The molecule has 0 saturated heterocycles. The molecule has 1 rings (SSSR count). The summed E-state index contributed by atoms with van der Waals surface area (Å²) in [7, 11) is 1.80. The summed E-state index contributed by atoms with van der Waals surface area (Å²) in [6, 6.07) is 3.36. The highest BCUT2D eigenvalue weighted by atomic mass is 35.5. The Morgan fingerprint density at radius 1 is 1.50 bits per heavy atom. The van der Waals surface area contributed by atoms with Gasteiger partial charge in [-0.25, -0.2) is 4.98 Å². The van der Waals surface area contributed by atoms with Crippen LogP contribution in [0.3, 0.4) is 0 Å². The third kappa shape index (κ3) is 3.49. The molecule has 0 aliphatic heterocycles. The molecule has 3 nitrogen and oxygen atoms in total. The van der Waals surface area contributed by atoms with Crippen molar-refractivity contribution in [3.63, 3.8) is 0 Å². The summed E-state index contributed by atoms with van der Waals surface area (Å²) in [6.45, 7) is 6.71. The first-order valence-corrected chi connectivity index (χ1v) is 5.67. The van der Waals surface area contributed by atoms with E-state index in [0.29, 0.717) is 16.6 Å². The zero-order valence-corrected chi connectivity index (χ0v) is 10.9. The maximum atomic E-state index is 12.0. The molecule has 0 N–H and O–H groups in total. The summed E-state index contributed by atoms with van der Waals surface area (Å²) in [5.41, 5.74) is 1.36. The number of halogens is 1. The highest BCUT2D eigenvalue weighted by Crippen LogP contribution is 2.12. The molecule has 16 heavy (non-hydrogen) atoms. The van der Waals surface area contributed by atoms with Crippen LogP contribution < -0.4 is 0 Å². The second-order valence-electron chi connectivity index (χ2n) is 4.40. The number of amides is 1. The molecule has 0 spiro atoms. The molecule has 0 aromatic carbocycles. The maximum absolute atomic E-state index is 12.0. The lowest BCUT2D eigenvalue weighted by Crippen LogP contribution is -2.30. The van der Waals surface area contributed by atoms with Crippen LogP contribution in [0.1, 0.15) is 29.9 Å². The smallest absolute Gasteiger partial charge is 0.253 e. The lowest BCUT2D eigenvalue weighted by Gasteiger charge is -2.19. The fraction of sp³-hybridized carbons (Fsp3) is 0.500. The molecule has 0 radical (unpaired) electrons. The first kappa shape index (κ1) is 13.0. The third-order valence-electron chi connectivity index (χ3n) is 2.15. The van der Waals surface area contributed by atoms with E-state index in [1.54, 1.807) is 24.1 Å². The van der Waals surface area contributed by atoms with Crippen molar-refractivity contribution in [2.45, 2.75) is 20.8 Å². The van der Waals surface area contributed by atoms with Crippen LogP contribution in [-0.2, 0) is 0 Å². The third-order valence-corrected chi connectivity index (χ3v) is 2.35. The van der Waals surface area contributed by atoms with Crippen LogP contribution in [0.4, 0.5) is 0 Å². The van der Waals surface area contributed by atoms with Crippen molar-refractivity contribution in [3.05, 3.63) is 28.5 Å². The lowest BCUT2D eigenvalue weighted by atomic mass is 10.1. The van der Waals surface area contributed by atoms with E-state index in [-0.39, 0.29) is 5.91 Å². The maximum Gasteiger partial charge on any atom is 0.253 e. The molecule has 0 fully saturated rings. The molecule has 0 saturated carbocycles. The molecule has 1 aromatic heterocycles. The summed E-state index contributed by atoms with van der Waals surface area (Å²) < 4.78 is 0. The average molecular weight is 241 g/mol. The average Bonchev–Trinajstić information content (AvgIpc) is 2.13. The van der Waals surface area contributed by atoms with E-state index in [9.17, 15) is 4.79 Å². The topological polar surface area (TPSA) is 33.2 Å². The van der Waals surface area contributed by atoms with Crippen LogP contribution in [0.15, 0.2) is 12.1 Å². The van der Waals surface area contributed by atoms with E-state index in [1.165, 1.54) is 0 Å². The Balaban J connectivity index is 2.87. The number of pyridine rings is 1. The van der Waals surface area contributed by atoms with Gasteiger partial charge in [0.05, 0.1) is 0 Å². The minimum Gasteiger partial charge on any atom is -0.341 e. The van der Waals surface area contributed by atoms with E-state index < -0.39 is 0 Å². The summed E-state index contributed by atoms with van der Waals surface area (Å²) in [5.74, 6) is 0.438. The van der Waals surface area contributed by atoms with Gasteiger partial charge in [-0.05, 0) is 25.0 Å². The van der Waals surface area contributed by atoms with E-state index in [0.717, 1.165) is 12.2 Å². The molecular formula is C12H17ClN2O. The predicted molar refractivity (Wildman–Crippen MR) is 65.8 cm³/mol. The molecule has 1 amide bonds. The van der Waals surface area contributed by atoms with Gasteiger partial charge in [-0.3, -0.25) is 4.79 Å². The van der Waals surface area contributed by atoms with Crippen LogP contribution in [0.2, 0.25) is 5.15 Å². The number of hydrogen-bond acceptors (Lipinski definition) is 2. The normalized spacial score (nSPS) is 10.6. The van der Waals surface area contributed by atoms with E-state index >= 15 is 0 Å². The largest absolute Gasteiger partial charge is 0.341 e. The number of aryl methyl sites for hydroxylation is 1. The summed E-state index contributed by atoms with van der Waals surface area (Å²) in [4.78, 5) is 17.8. The Morgan fingerprint density at radius 3 is 2.62 bits per heavy atom. The van der Waals surface area contributed by atoms with Gasteiger partial charge in [0.1, 0.15) is 5.15 Å². The standard InChI is InChI=1S/C12H17ClN2O/c1-8(2)7-15(4)12(16)10-5-9(3)14-11(13)6-10/h5-6,8H,7H2,1-4H3. The first-order valence-electron chi connectivity index (χ1n) is 5.30. The Bertz CT molecular complexity index is 370. The van der Waals surface area contributed by atoms with Crippen LogP contribution in [0.5, 0.6) is 0 Å². The minimum atomic E-state index is -0.0129. The zero-order valence-electron chi connectivity index (χ0n) is 10.1. The second kappa shape index (κ2) is 5.30. The van der Waals surface area contributed by atoms with Gasteiger partial charge in [0.25, 0.3) is 5.91 Å². The molecule has 0 aliphatic carbocycles. The monoisotopic (exact) mass is 240 g/mol. The van der Waals surface area contributed by atoms with Gasteiger partial charge in [-0.15, -0.1) is 0 Å². The van der Waals surface area contributed by atoms with Gasteiger partial charge >= 0.3 is 0 Å². The van der Waals surface area contributed by atoms with Crippen molar-refractivity contribution in [2.24, 2.45) is 5.92 Å². The Morgan fingerprint density at radius 2 is 2.12 bits per heavy atom. The molecule has 0 aliphatic rings. The first-order chi connectivity index (χ1) is 7.40. The van der Waals surface area contributed by atoms with Crippen molar-refractivity contribution in [1.82, 2.24) is 9.88 Å². The molecular weight excluding hydrogens is 224 g/mol. The van der Waals surface area contributed by atoms with Crippen molar-refractivity contribution in [1.29, 1.82) is 0 Å². The Kier molecular flexibility index (Phi) is 4.30. The van der Waals surface area contributed by atoms with Crippen LogP contribution in [0, 0.1) is 12.8 Å². The number of nitrogens with zero attached hydrogens (tertiary/aromatic N) is 2. The minimum absolute atomic E-state index is 0.0129. The quantitative estimate of drug-likeness (QED) is 0.762. The zero-order chi connectivity index (χ0) is 12.3. The lowest BCUT2D eigenvalue weighted by molar-refractivity contribution is 0.0779. The van der Waals surface area contributed by atoms with Crippen molar-refractivity contribution in [2.75, 3.05) is 13.6 Å². The van der Waals surface area contributed by atoms with Crippen molar-refractivity contribution in [3.8, 4) is 0 Å². The molecule has 0 unspecified atom stereocenters. The highest BCUT2D eigenvalue weighted by molar-refractivity contribution is 6.29.